The standard InChI is InChI=1S/C17H21F2N3O/c1-11-5-6-13(9-12(11)2)14-10-15(16(18)19)22-17(21-14)20-7-4-8-23-3/h5-6,9-10,16H,4,7-8H2,1-3H3,(H,20,21,22). The van der Waals surface area contributed by atoms with Crippen LogP contribution in [0.3, 0.4) is 0 Å². The van der Waals surface area contributed by atoms with E-state index < -0.39 is 6.43 Å². The second-order valence-corrected chi connectivity index (χ2v) is 5.37. The smallest absolute Gasteiger partial charge is 0.280 e. The number of halogens is 2. The lowest BCUT2D eigenvalue weighted by Gasteiger charge is -2.10. The van der Waals surface area contributed by atoms with Gasteiger partial charge in [-0.2, -0.15) is 0 Å². The average Bonchev–Trinajstić information content (AvgIpc) is 2.54. The molecule has 2 aromatic rings. The lowest BCUT2D eigenvalue weighted by molar-refractivity contribution is 0.146. The van der Waals surface area contributed by atoms with Crippen molar-refractivity contribution in [2.75, 3.05) is 25.6 Å². The number of ether oxygens (including phenoxy) is 1. The molecule has 2 rings (SSSR count). The third-order valence-corrected chi connectivity index (χ3v) is 3.58. The highest BCUT2D eigenvalue weighted by molar-refractivity contribution is 5.62. The number of aryl methyl sites for hydroxylation is 2. The van der Waals surface area contributed by atoms with Gasteiger partial charge in [0.25, 0.3) is 6.43 Å². The number of nitrogens with zero attached hydrogens (tertiary/aromatic N) is 2. The minimum Gasteiger partial charge on any atom is -0.385 e. The first-order valence-corrected chi connectivity index (χ1v) is 7.49. The van der Waals surface area contributed by atoms with E-state index in [0.29, 0.717) is 18.8 Å². The summed E-state index contributed by atoms with van der Waals surface area (Å²) >= 11 is 0. The molecule has 0 bridgehead atoms. The van der Waals surface area contributed by atoms with Crippen LogP contribution in [0.1, 0.15) is 29.7 Å². The maximum absolute atomic E-state index is 13.1. The van der Waals surface area contributed by atoms with Crippen LogP contribution >= 0.6 is 0 Å². The van der Waals surface area contributed by atoms with Gasteiger partial charge >= 0.3 is 0 Å². The summed E-state index contributed by atoms with van der Waals surface area (Å²) in [5.74, 6) is 0.215. The maximum atomic E-state index is 13.1. The molecule has 0 fully saturated rings. The van der Waals surface area contributed by atoms with Gasteiger partial charge in [-0.25, -0.2) is 18.7 Å². The Bertz CT molecular complexity index is 662. The molecule has 1 heterocycles. The van der Waals surface area contributed by atoms with Crippen LogP contribution in [0.5, 0.6) is 0 Å². The summed E-state index contributed by atoms with van der Waals surface area (Å²) in [6.45, 7) is 5.14. The average molecular weight is 321 g/mol. The van der Waals surface area contributed by atoms with Crippen molar-refractivity contribution < 1.29 is 13.5 Å². The third kappa shape index (κ3) is 4.69. The zero-order valence-corrected chi connectivity index (χ0v) is 13.6. The topological polar surface area (TPSA) is 47.0 Å². The molecule has 0 spiro atoms. The summed E-state index contributed by atoms with van der Waals surface area (Å²) in [5, 5.41) is 2.98. The van der Waals surface area contributed by atoms with E-state index in [1.165, 1.54) is 6.07 Å². The first kappa shape index (κ1) is 17.3. The quantitative estimate of drug-likeness (QED) is 0.778. The SMILES string of the molecule is COCCCNc1nc(-c2ccc(C)c(C)c2)cc(C(F)F)n1. The number of rotatable bonds is 7. The van der Waals surface area contributed by atoms with Gasteiger partial charge in [0.1, 0.15) is 5.69 Å². The summed E-state index contributed by atoms with van der Waals surface area (Å²) in [5.41, 5.74) is 3.26. The molecule has 0 aliphatic heterocycles. The fourth-order valence-electron chi connectivity index (χ4n) is 2.12. The van der Waals surface area contributed by atoms with Crippen LogP contribution in [0.25, 0.3) is 11.3 Å². The molecule has 0 atom stereocenters. The first-order valence-electron chi connectivity index (χ1n) is 7.49. The Labute approximate surface area is 134 Å². The molecule has 0 radical (unpaired) electrons. The zero-order valence-electron chi connectivity index (χ0n) is 13.6. The Morgan fingerprint density at radius 2 is 1.91 bits per heavy atom. The van der Waals surface area contributed by atoms with Crippen molar-refractivity contribution in [2.45, 2.75) is 26.7 Å². The molecule has 1 aromatic carbocycles. The molecule has 0 aliphatic rings. The summed E-state index contributed by atoms with van der Waals surface area (Å²) in [7, 11) is 1.62. The molecule has 4 nitrogen and oxygen atoms in total. The van der Waals surface area contributed by atoms with Crippen LogP contribution in [0.15, 0.2) is 24.3 Å². The number of alkyl halides is 2. The second kappa shape index (κ2) is 7.97. The van der Waals surface area contributed by atoms with Gasteiger partial charge in [0.2, 0.25) is 5.95 Å². The highest BCUT2D eigenvalue weighted by atomic mass is 19.3. The van der Waals surface area contributed by atoms with Crippen molar-refractivity contribution in [2.24, 2.45) is 0 Å². The van der Waals surface area contributed by atoms with Gasteiger partial charge in [0.15, 0.2) is 0 Å². The Kier molecular flexibility index (Phi) is 5.98. The Morgan fingerprint density at radius 1 is 1.13 bits per heavy atom. The maximum Gasteiger partial charge on any atom is 0.280 e. The van der Waals surface area contributed by atoms with E-state index in [2.05, 4.69) is 15.3 Å². The normalized spacial score (nSPS) is 11.0. The predicted octanol–water partition coefficient (Wildman–Crippen LogP) is 4.15. The fourth-order valence-corrected chi connectivity index (χ4v) is 2.12. The van der Waals surface area contributed by atoms with Gasteiger partial charge in [-0.3, -0.25) is 0 Å². The first-order chi connectivity index (χ1) is 11.0. The van der Waals surface area contributed by atoms with Crippen LogP contribution < -0.4 is 5.32 Å². The van der Waals surface area contributed by atoms with E-state index in [9.17, 15) is 8.78 Å². The van der Waals surface area contributed by atoms with Crippen LogP contribution in [-0.4, -0.2) is 30.2 Å². The van der Waals surface area contributed by atoms with Gasteiger partial charge in [-0.1, -0.05) is 12.1 Å². The molecule has 23 heavy (non-hydrogen) atoms. The number of hydrogen-bond donors (Lipinski definition) is 1. The van der Waals surface area contributed by atoms with E-state index in [1.807, 2.05) is 32.0 Å². The van der Waals surface area contributed by atoms with Crippen molar-refractivity contribution in [1.29, 1.82) is 0 Å². The van der Waals surface area contributed by atoms with E-state index in [-0.39, 0.29) is 11.6 Å². The summed E-state index contributed by atoms with van der Waals surface area (Å²) in [4.78, 5) is 8.24. The van der Waals surface area contributed by atoms with Crippen molar-refractivity contribution in [3.63, 3.8) is 0 Å². The molecule has 1 aromatic heterocycles. The molecule has 0 saturated heterocycles. The molecule has 6 heteroatoms. The fraction of sp³-hybridized carbons (Fsp3) is 0.412. The van der Waals surface area contributed by atoms with Gasteiger partial charge in [0.05, 0.1) is 5.69 Å². The van der Waals surface area contributed by atoms with Crippen molar-refractivity contribution in [1.82, 2.24) is 9.97 Å². The van der Waals surface area contributed by atoms with Gasteiger partial charge in [0, 0.05) is 25.8 Å². The van der Waals surface area contributed by atoms with Gasteiger partial charge in [-0.05, 0) is 43.5 Å². The molecule has 0 aliphatic carbocycles. The van der Waals surface area contributed by atoms with Crippen molar-refractivity contribution in [3.8, 4) is 11.3 Å². The van der Waals surface area contributed by atoms with E-state index in [0.717, 1.165) is 23.1 Å². The second-order valence-electron chi connectivity index (χ2n) is 5.37. The Balaban J connectivity index is 2.30. The molecule has 0 unspecified atom stereocenters. The summed E-state index contributed by atoms with van der Waals surface area (Å²) in [6.07, 6.45) is -1.89. The molecule has 124 valence electrons. The minimum absolute atomic E-state index is 0.215. The molecular weight excluding hydrogens is 300 g/mol. The van der Waals surface area contributed by atoms with Crippen LogP contribution in [0.4, 0.5) is 14.7 Å². The van der Waals surface area contributed by atoms with Crippen molar-refractivity contribution in [3.05, 3.63) is 41.1 Å². The number of aromatic nitrogens is 2. The van der Waals surface area contributed by atoms with E-state index in [1.54, 1.807) is 7.11 Å². The van der Waals surface area contributed by atoms with Crippen molar-refractivity contribution >= 4 is 5.95 Å². The molecular formula is C17H21F2N3O. The number of hydrogen-bond acceptors (Lipinski definition) is 4. The molecule has 0 saturated carbocycles. The lowest BCUT2D eigenvalue weighted by Crippen LogP contribution is -2.09. The van der Waals surface area contributed by atoms with E-state index >= 15 is 0 Å². The monoisotopic (exact) mass is 321 g/mol. The largest absolute Gasteiger partial charge is 0.385 e. The van der Waals surface area contributed by atoms with Gasteiger partial charge in [-0.15, -0.1) is 0 Å². The van der Waals surface area contributed by atoms with Gasteiger partial charge < -0.3 is 10.1 Å². The van der Waals surface area contributed by atoms with Crippen LogP contribution in [-0.2, 0) is 4.74 Å². The number of benzene rings is 1. The van der Waals surface area contributed by atoms with E-state index in [4.69, 9.17) is 4.74 Å². The lowest BCUT2D eigenvalue weighted by atomic mass is 10.0. The number of anilines is 1. The number of methoxy groups -OCH3 is 1. The predicted molar refractivity (Wildman–Crippen MR) is 86.9 cm³/mol. The highest BCUT2D eigenvalue weighted by Gasteiger charge is 2.14. The Morgan fingerprint density at radius 3 is 2.57 bits per heavy atom. The highest BCUT2D eigenvalue weighted by Crippen LogP contribution is 2.26. The summed E-state index contributed by atoms with van der Waals surface area (Å²) in [6, 6.07) is 7.13. The minimum atomic E-state index is -2.64. The van der Waals surface area contributed by atoms with Crippen LogP contribution in [0.2, 0.25) is 0 Å². The summed E-state index contributed by atoms with van der Waals surface area (Å²) < 4.78 is 31.1. The third-order valence-electron chi connectivity index (χ3n) is 3.58. The number of nitrogens with one attached hydrogen (secondary N) is 1. The van der Waals surface area contributed by atoms with Crippen LogP contribution in [0, 0.1) is 13.8 Å². The Hall–Kier alpha value is -2.08. The molecule has 0 amide bonds. The zero-order chi connectivity index (χ0) is 16.8. The molecule has 1 N–H and O–H groups in total.